The van der Waals surface area contributed by atoms with Gasteiger partial charge in [-0.2, -0.15) is 39.5 Å². The molecule has 0 bridgehead atoms. The predicted octanol–water partition coefficient (Wildman–Crippen LogP) is 6.93. The van der Waals surface area contributed by atoms with E-state index >= 15 is 0 Å². The molecule has 3 aromatic rings. The molecule has 0 radical (unpaired) electrons. The van der Waals surface area contributed by atoms with Gasteiger partial charge in [0.1, 0.15) is 0 Å². The minimum atomic E-state index is -4.90. The van der Waals surface area contributed by atoms with Gasteiger partial charge < -0.3 is 19.2 Å². The summed E-state index contributed by atoms with van der Waals surface area (Å²) >= 11 is 0. The third-order valence-corrected chi connectivity index (χ3v) is 7.59. The molecular weight excluding hydrogens is 628 g/mol. The second-order valence-corrected chi connectivity index (χ2v) is 12.6. The Morgan fingerprint density at radius 1 is 0.587 bits per heavy atom. The van der Waals surface area contributed by atoms with Gasteiger partial charge in [-0.1, -0.05) is 67.8 Å². The minimum Gasteiger partial charge on any atom is -0.871 e. The third kappa shape index (κ3) is 8.64. The second-order valence-electron chi connectivity index (χ2n) is 12.6. The van der Waals surface area contributed by atoms with Crippen molar-refractivity contribution in [1.29, 1.82) is 0 Å². The molecule has 46 heavy (non-hydrogen) atoms. The molecule has 0 spiro atoms. The van der Waals surface area contributed by atoms with Gasteiger partial charge in [0, 0.05) is 0 Å². The second kappa shape index (κ2) is 13.6. The van der Waals surface area contributed by atoms with Gasteiger partial charge in [-0.15, -0.1) is 0 Å². The Hall–Kier alpha value is -3.07. The van der Waals surface area contributed by atoms with Crippen molar-refractivity contribution in [3.8, 4) is 0 Å². The number of halogens is 9. The first-order valence-corrected chi connectivity index (χ1v) is 14.3. The quantitative estimate of drug-likeness (QED) is 0.129. The molecule has 0 heterocycles. The van der Waals surface area contributed by atoms with Gasteiger partial charge in [-0.05, 0) is 53.8 Å². The molecule has 1 unspecified atom stereocenters. The molecule has 1 fully saturated rings. The monoisotopic (exact) mass is 662 g/mol. The Labute approximate surface area is 262 Å². The summed E-state index contributed by atoms with van der Waals surface area (Å²) in [7, 11) is 5.36. The van der Waals surface area contributed by atoms with Gasteiger partial charge in [-0.3, -0.25) is 0 Å². The molecule has 4 nitrogen and oxygen atoms in total. The number of hydrogen-bond acceptors (Lipinski definition) is 3. The van der Waals surface area contributed by atoms with Gasteiger partial charge in [0.05, 0.1) is 63.2 Å². The van der Waals surface area contributed by atoms with Crippen molar-refractivity contribution < 1.29 is 58.7 Å². The van der Waals surface area contributed by atoms with E-state index < -0.39 is 53.6 Å². The Kier molecular flexibility index (Phi) is 11.0. The number of nitrogens with zero attached hydrogens (tertiary/aromatic N) is 1. The van der Waals surface area contributed by atoms with Crippen molar-refractivity contribution >= 4 is 7.32 Å². The van der Waals surface area contributed by atoms with E-state index in [9.17, 15) is 49.6 Å². The zero-order chi connectivity index (χ0) is 34.8. The number of hydrogen-bond donors (Lipinski definition) is 0. The Bertz CT molecular complexity index is 1400. The van der Waals surface area contributed by atoms with Crippen LogP contribution in [-0.4, -0.2) is 40.0 Å². The summed E-state index contributed by atoms with van der Waals surface area (Å²) in [6.45, 7) is 0. The lowest BCUT2D eigenvalue weighted by atomic mass is 9.57. The molecule has 1 saturated carbocycles. The van der Waals surface area contributed by atoms with Crippen LogP contribution < -0.4 is 10.0 Å². The van der Waals surface area contributed by atoms with E-state index in [1.165, 1.54) is 12.1 Å². The van der Waals surface area contributed by atoms with Gasteiger partial charge in [-0.25, -0.2) is 0 Å². The van der Waals surface area contributed by atoms with Crippen LogP contribution in [0.3, 0.4) is 0 Å². The molecule has 1 aliphatic carbocycles. The van der Waals surface area contributed by atoms with Crippen LogP contribution in [-0.2, 0) is 34.2 Å². The average molecular weight is 662 g/mol. The highest BCUT2D eigenvalue weighted by molar-refractivity contribution is 6.28. The summed E-state index contributed by atoms with van der Waals surface area (Å²) in [5.41, 5.74) is -8.90. The first-order valence-electron chi connectivity index (χ1n) is 14.3. The fourth-order valence-electron chi connectivity index (χ4n) is 5.93. The first-order chi connectivity index (χ1) is 21.0. The zero-order valence-electron chi connectivity index (χ0n) is 25.6. The lowest BCUT2D eigenvalue weighted by Crippen LogP contribution is -2.60. The molecular formula is C32H34BF9NO3-. The van der Waals surface area contributed by atoms with Crippen LogP contribution in [0, 0.1) is 0 Å². The van der Waals surface area contributed by atoms with E-state index in [0.717, 1.165) is 46.9 Å². The van der Waals surface area contributed by atoms with Crippen LogP contribution in [0.25, 0.3) is 0 Å². The fraction of sp³-hybridized carbons (Fsp3) is 0.438. The molecule has 0 aromatic heterocycles. The van der Waals surface area contributed by atoms with Gasteiger partial charge in [0.2, 0.25) is 0 Å². The van der Waals surface area contributed by atoms with Gasteiger partial charge in [0.25, 0.3) is 0 Å². The summed E-state index contributed by atoms with van der Waals surface area (Å²) < 4.78 is 131. The van der Waals surface area contributed by atoms with Crippen molar-refractivity contribution in [1.82, 2.24) is 0 Å². The lowest BCUT2D eigenvalue weighted by molar-refractivity contribution is -0.849. The third-order valence-electron chi connectivity index (χ3n) is 7.59. The van der Waals surface area contributed by atoms with Gasteiger partial charge >= 0.3 is 18.5 Å². The molecule has 0 amide bonds. The zero-order valence-corrected chi connectivity index (χ0v) is 25.6. The van der Waals surface area contributed by atoms with E-state index in [0.29, 0.717) is 24.6 Å². The first kappa shape index (κ1) is 37.4. The predicted molar refractivity (Wildman–Crippen MR) is 151 cm³/mol. The van der Waals surface area contributed by atoms with E-state index in [-0.39, 0.29) is 42.4 Å². The summed E-state index contributed by atoms with van der Waals surface area (Å²) in [6, 6.07) is 10.7. The molecule has 14 heteroatoms. The standard InChI is InChI=1S/C28H22BF9O3.C4H12N/c30-26(31,32)21-10-4-7-18(15-21)24(19-8-5-11-22(16-19)27(33,34)35)13-2-1-3-14-25(24,41-29(39)40)20-9-6-12-23(17-20)28(36,37)38;1-5(2,3)4/h4-12,15-17H,1-3,13-14H2;1-4H3/q-2;+1. The summed E-state index contributed by atoms with van der Waals surface area (Å²) in [5, 5.41) is 24.4. The normalized spacial score (nSPS) is 19.1. The molecule has 1 atom stereocenters. The maximum Gasteiger partial charge on any atom is 0.416 e. The molecule has 252 valence electrons. The minimum absolute atomic E-state index is 0.155. The Balaban J connectivity index is 0.00000107. The maximum atomic E-state index is 13.9. The smallest absolute Gasteiger partial charge is 0.416 e. The Morgan fingerprint density at radius 3 is 1.30 bits per heavy atom. The SMILES string of the molecule is C[N+](C)(C)C.[O-]B([O-])OC1(c2cccc(C(F)(F)F)c2)CCCCCC1(c1cccc(C(F)(F)F)c1)c1cccc(C(F)(F)F)c1. The highest BCUT2D eigenvalue weighted by atomic mass is 19.4. The molecule has 0 saturated heterocycles. The van der Waals surface area contributed by atoms with E-state index in [1.807, 2.05) is 0 Å². The van der Waals surface area contributed by atoms with Crippen molar-refractivity contribution in [2.45, 2.75) is 61.6 Å². The molecule has 4 rings (SSSR count). The molecule has 3 aromatic carbocycles. The van der Waals surface area contributed by atoms with Crippen LogP contribution >= 0.6 is 0 Å². The van der Waals surface area contributed by atoms with Crippen LogP contribution in [0.2, 0.25) is 0 Å². The number of quaternary nitrogens is 1. The number of rotatable bonds is 5. The summed E-state index contributed by atoms with van der Waals surface area (Å²) in [5.74, 6) is 0. The van der Waals surface area contributed by atoms with Crippen LogP contribution in [0.1, 0.15) is 65.5 Å². The largest absolute Gasteiger partial charge is 0.871 e. The van der Waals surface area contributed by atoms with E-state index in [2.05, 4.69) is 28.2 Å². The van der Waals surface area contributed by atoms with Crippen LogP contribution in [0.5, 0.6) is 0 Å². The number of benzene rings is 3. The van der Waals surface area contributed by atoms with Crippen LogP contribution in [0.4, 0.5) is 39.5 Å². The highest BCUT2D eigenvalue weighted by Crippen LogP contribution is 2.58. The topological polar surface area (TPSA) is 55.3 Å². The van der Waals surface area contributed by atoms with E-state index in [1.54, 1.807) is 0 Å². The lowest BCUT2D eigenvalue weighted by Gasteiger charge is -2.55. The van der Waals surface area contributed by atoms with Crippen molar-refractivity contribution in [3.63, 3.8) is 0 Å². The molecule has 0 aliphatic heterocycles. The van der Waals surface area contributed by atoms with E-state index in [4.69, 9.17) is 4.65 Å². The van der Waals surface area contributed by atoms with Crippen molar-refractivity contribution in [3.05, 3.63) is 106 Å². The molecule has 1 aliphatic rings. The highest BCUT2D eigenvalue weighted by Gasteiger charge is 2.56. The van der Waals surface area contributed by atoms with Crippen molar-refractivity contribution in [2.75, 3.05) is 28.2 Å². The van der Waals surface area contributed by atoms with Gasteiger partial charge in [0.15, 0.2) is 0 Å². The fourth-order valence-corrected chi connectivity index (χ4v) is 5.93. The molecule has 0 N–H and O–H groups in total. The Morgan fingerprint density at radius 2 is 0.935 bits per heavy atom. The van der Waals surface area contributed by atoms with Crippen LogP contribution in [0.15, 0.2) is 72.8 Å². The number of alkyl halides is 9. The maximum absolute atomic E-state index is 13.9. The average Bonchev–Trinajstić information content (AvgIpc) is 3.11. The van der Waals surface area contributed by atoms with Crippen molar-refractivity contribution in [2.24, 2.45) is 0 Å². The summed E-state index contributed by atoms with van der Waals surface area (Å²) in [4.78, 5) is 0. The summed E-state index contributed by atoms with van der Waals surface area (Å²) in [6.07, 6.45) is -14.6.